The van der Waals surface area contributed by atoms with Crippen LogP contribution in [0.4, 0.5) is 0 Å². The predicted molar refractivity (Wildman–Crippen MR) is 78.0 cm³/mol. The summed E-state index contributed by atoms with van der Waals surface area (Å²) in [5.41, 5.74) is 0.320. The van der Waals surface area contributed by atoms with Gasteiger partial charge in [0, 0.05) is 5.56 Å². The van der Waals surface area contributed by atoms with Gasteiger partial charge in [-0.3, -0.25) is 9.59 Å². The van der Waals surface area contributed by atoms with Crippen LogP contribution in [0.2, 0.25) is 0 Å². The number of hydrogen-bond donors (Lipinski definition) is 0. The van der Waals surface area contributed by atoms with Crippen LogP contribution < -0.4 is 4.74 Å². The molecular formula is C15H14Cl2O3. The van der Waals surface area contributed by atoms with Crippen molar-refractivity contribution < 1.29 is 14.3 Å². The van der Waals surface area contributed by atoms with Gasteiger partial charge in [-0.05, 0) is 41.7 Å². The van der Waals surface area contributed by atoms with Gasteiger partial charge in [-0.25, -0.2) is 0 Å². The van der Waals surface area contributed by atoms with Crippen molar-refractivity contribution in [2.24, 2.45) is 17.3 Å². The van der Waals surface area contributed by atoms with E-state index >= 15 is 0 Å². The van der Waals surface area contributed by atoms with E-state index in [4.69, 9.17) is 27.9 Å². The van der Waals surface area contributed by atoms with Gasteiger partial charge in [0.15, 0.2) is 0 Å². The molecule has 3 nitrogen and oxygen atoms in total. The molecule has 2 rings (SSSR count). The molecule has 5 heteroatoms. The monoisotopic (exact) mass is 312 g/mol. The Balaban J connectivity index is 2.05. The zero-order valence-corrected chi connectivity index (χ0v) is 12.6. The van der Waals surface area contributed by atoms with Crippen LogP contribution in [0, 0.1) is 17.3 Å². The van der Waals surface area contributed by atoms with E-state index in [0.29, 0.717) is 11.3 Å². The van der Waals surface area contributed by atoms with Crippen molar-refractivity contribution in [1.29, 1.82) is 0 Å². The fourth-order valence-electron chi connectivity index (χ4n) is 2.37. The Labute approximate surface area is 127 Å². The van der Waals surface area contributed by atoms with E-state index in [2.05, 4.69) is 0 Å². The molecule has 1 aliphatic rings. The van der Waals surface area contributed by atoms with Crippen LogP contribution in [0.1, 0.15) is 24.2 Å². The lowest BCUT2D eigenvalue weighted by atomic mass is 10.1. The Morgan fingerprint density at radius 3 is 2.35 bits per heavy atom. The first kappa shape index (κ1) is 15.1. The third kappa shape index (κ3) is 3.05. The molecule has 0 spiro atoms. The van der Waals surface area contributed by atoms with E-state index in [9.17, 15) is 9.59 Å². The molecule has 1 fully saturated rings. The van der Waals surface area contributed by atoms with Gasteiger partial charge in [0.2, 0.25) is 0 Å². The molecule has 0 amide bonds. The molecule has 0 aliphatic heterocycles. The third-order valence-electron chi connectivity index (χ3n) is 3.70. The first-order chi connectivity index (χ1) is 9.36. The van der Waals surface area contributed by atoms with Crippen molar-refractivity contribution >= 4 is 35.5 Å². The van der Waals surface area contributed by atoms with Gasteiger partial charge in [0.05, 0.1) is 5.92 Å². The molecule has 0 saturated heterocycles. The smallest absolute Gasteiger partial charge is 0.315 e. The highest BCUT2D eigenvalue weighted by Gasteiger charge is 2.61. The van der Waals surface area contributed by atoms with Crippen LogP contribution >= 0.6 is 23.2 Å². The highest BCUT2D eigenvalue weighted by molar-refractivity contribution is 6.55. The highest BCUT2D eigenvalue weighted by atomic mass is 35.5. The van der Waals surface area contributed by atoms with Gasteiger partial charge in [-0.1, -0.05) is 37.0 Å². The Hall–Kier alpha value is -1.32. The standard InChI is InChI=1S/C15H14Cl2O3/c1-15(2)11(7-12(16)17)13(15)14(19)20-10-5-3-9(8-18)4-6-10/h3-8,11,13H,1-2H3. The summed E-state index contributed by atoms with van der Waals surface area (Å²) in [6.07, 6.45) is 2.41. The Morgan fingerprint density at radius 1 is 1.25 bits per heavy atom. The number of allylic oxidation sites excluding steroid dienone is 1. The maximum atomic E-state index is 12.1. The number of hydrogen-bond acceptors (Lipinski definition) is 3. The molecule has 2 unspecified atom stereocenters. The normalized spacial score (nSPS) is 22.8. The molecular weight excluding hydrogens is 299 g/mol. The number of ether oxygens (including phenoxy) is 1. The zero-order valence-electron chi connectivity index (χ0n) is 11.1. The molecule has 106 valence electrons. The number of carbonyl (C=O) groups is 2. The molecule has 0 aromatic heterocycles. The third-order valence-corrected chi connectivity index (χ3v) is 3.96. The fraction of sp³-hybridized carbons (Fsp3) is 0.333. The van der Waals surface area contributed by atoms with Crippen molar-refractivity contribution in [1.82, 2.24) is 0 Å². The number of aldehydes is 1. The number of rotatable bonds is 4. The van der Waals surface area contributed by atoms with Crippen LogP contribution in [0.3, 0.4) is 0 Å². The van der Waals surface area contributed by atoms with Crippen molar-refractivity contribution in [2.45, 2.75) is 13.8 Å². The lowest BCUT2D eigenvalue weighted by molar-refractivity contribution is -0.136. The van der Waals surface area contributed by atoms with E-state index in [1.54, 1.807) is 30.3 Å². The zero-order chi connectivity index (χ0) is 14.9. The van der Waals surface area contributed by atoms with Gasteiger partial charge < -0.3 is 4.74 Å². The molecule has 1 saturated carbocycles. The van der Waals surface area contributed by atoms with Crippen LogP contribution in [0.25, 0.3) is 0 Å². The number of esters is 1. The van der Waals surface area contributed by atoms with Crippen molar-refractivity contribution in [3.8, 4) is 5.75 Å². The van der Waals surface area contributed by atoms with Gasteiger partial charge in [-0.15, -0.1) is 0 Å². The summed E-state index contributed by atoms with van der Waals surface area (Å²) < 4.78 is 5.48. The number of carbonyl (C=O) groups excluding carboxylic acids is 2. The second-order valence-electron chi connectivity index (χ2n) is 5.39. The SMILES string of the molecule is CC1(C)C(C=C(Cl)Cl)C1C(=O)Oc1ccc(C=O)cc1. The largest absolute Gasteiger partial charge is 0.426 e. The molecule has 1 aromatic rings. The van der Waals surface area contributed by atoms with E-state index in [1.165, 1.54) is 0 Å². The van der Waals surface area contributed by atoms with Gasteiger partial charge in [0.1, 0.15) is 16.5 Å². The van der Waals surface area contributed by atoms with E-state index in [0.717, 1.165) is 6.29 Å². The lowest BCUT2D eigenvalue weighted by Gasteiger charge is -2.05. The average molecular weight is 313 g/mol. The van der Waals surface area contributed by atoms with Gasteiger partial charge in [-0.2, -0.15) is 0 Å². The Bertz CT molecular complexity index is 557. The van der Waals surface area contributed by atoms with E-state index < -0.39 is 0 Å². The molecule has 0 heterocycles. The molecule has 2 atom stereocenters. The molecule has 1 aromatic carbocycles. The predicted octanol–water partition coefficient (Wildman–Crippen LogP) is 4.00. The molecule has 1 aliphatic carbocycles. The summed E-state index contributed by atoms with van der Waals surface area (Å²) in [6.45, 7) is 3.93. The molecule has 0 radical (unpaired) electrons. The first-order valence-corrected chi connectivity index (χ1v) is 6.91. The summed E-state index contributed by atoms with van der Waals surface area (Å²) in [4.78, 5) is 22.7. The Morgan fingerprint density at radius 2 is 1.85 bits per heavy atom. The van der Waals surface area contributed by atoms with Gasteiger partial charge >= 0.3 is 5.97 Å². The highest BCUT2D eigenvalue weighted by Crippen LogP contribution is 2.60. The maximum Gasteiger partial charge on any atom is 0.315 e. The summed E-state index contributed by atoms with van der Waals surface area (Å²) in [6, 6.07) is 6.38. The quantitative estimate of drug-likeness (QED) is 0.479. The number of halogens is 2. The second-order valence-corrected chi connectivity index (χ2v) is 6.40. The van der Waals surface area contributed by atoms with E-state index in [1.807, 2.05) is 13.8 Å². The van der Waals surface area contributed by atoms with Crippen LogP contribution in [-0.4, -0.2) is 12.3 Å². The maximum absolute atomic E-state index is 12.1. The molecule has 0 bridgehead atoms. The van der Waals surface area contributed by atoms with Crippen molar-refractivity contribution in [3.63, 3.8) is 0 Å². The first-order valence-electron chi connectivity index (χ1n) is 6.16. The summed E-state index contributed by atoms with van der Waals surface area (Å²) >= 11 is 11.3. The minimum atomic E-state index is -0.315. The molecule has 20 heavy (non-hydrogen) atoms. The molecule has 0 N–H and O–H groups in total. The lowest BCUT2D eigenvalue weighted by Crippen LogP contribution is -2.13. The minimum Gasteiger partial charge on any atom is -0.426 e. The van der Waals surface area contributed by atoms with Crippen LogP contribution in [0.5, 0.6) is 5.75 Å². The van der Waals surface area contributed by atoms with Crippen molar-refractivity contribution in [2.75, 3.05) is 0 Å². The minimum absolute atomic E-state index is 0.0192. The van der Waals surface area contributed by atoms with E-state index in [-0.39, 0.29) is 27.7 Å². The summed E-state index contributed by atoms with van der Waals surface area (Å²) in [5.74, 6) is -0.178. The Kier molecular flexibility index (Phi) is 4.21. The fourth-order valence-corrected chi connectivity index (χ4v) is 2.64. The average Bonchev–Trinajstić information content (AvgIpc) is 2.91. The van der Waals surface area contributed by atoms with Gasteiger partial charge in [0.25, 0.3) is 0 Å². The number of benzene rings is 1. The summed E-state index contributed by atoms with van der Waals surface area (Å²) in [5, 5.41) is 0. The topological polar surface area (TPSA) is 43.4 Å². The van der Waals surface area contributed by atoms with Crippen LogP contribution in [0.15, 0.2) is 34.8 Å². The van der Waals surface area contributed by atoms with Crippen LogP contribution in [-0.2, 0) is 4.79 Å². The summed E-state index contributed by atoms with van der Waals surface area (Å²) in [7, 11) is 0. The second kappa shape index (κ2) is 5.58. The van der Waals surface area contributed by atoms with Crippen molar-refractivity contribution in [3.05, 3.63) is 40.4 Å².